The van der Waals surface area contributed by atoms with E-state index < -0.39 is 32.3 Å². The smallest absolute Gasteiger partial charge is 0.339 e. The van der Waals surface area contributed by atoms with Crippen molar-refractivity contribution in [2.24, 2.45) is 0 Å². The predicted molar refractivity (Wildman–Crippen MR) is 176 cm³/mol. The summed E-state index contributed by atoms with van der Waals surface area (Å²) in [4.78, 5) is 13.2. The van der Waals surface area contributed by atoms with Gasteiger partial charge in [-0.25, -0.2) is 4.79 Å². The highest BCUT2D eigenvalue weighted by Crippen LogP contribution is 2.38. The van der Waals surface area contributed by atoms with E-state index in [1.807, 2.05) is 32.0 Å². The molecule has 1 saturated heterocycles. The van der Waals surface area contributed by atoms with Crippen LogP contribution in [0.1, 0.15) is 71.2 Å². The van der Waals surface area contributed by atoms with E-state index in [-0.39, 0.29) is 23.9 Å². The number of rotatable bonds is 11. The number of esters is 1. The number of benzene rings is 3. The Morgan fingerprint density at radius 2 is 1.48 bits per heavy atom. The first-order valence-electron chi connectivity index (χ1n) is 15.5. The third-order valence-corrected chi connectivity index (χ3v) is 13.0. The molecule has 234 valence electrons. The summed E-state index contributed by atoms with van der Waals surface area (Å²) in [5.41, 5.74) is 0.438. The van der Waals surface area contributed by atoms with Crippen LogP contribution in [0.2, 0.25) is 5.04 Å². The van der Waals surface area contributed by atoms with Gasteiger partial charge in [0.25, 0.3) is 8.32 Å². The van der Waals surface area contributed by atoms with Gasteiger partial charge in [0.15, 0.2) is 11.9 Å². The number of aliphatic hydroxyl groups excluding tert-OH is 1. The number of ether oxygens (including phenoxy) is 3. The van der Waals surface area contributed by atoms with Crippen LogP contribution in [-0.4, -0.2) is 56.2 Å². The molecule has 4 atom stereocenters. The fourth-order valence-corrected chi connectivity index (χ4v) is 10.6. The summed E-state index contributed by atoms with van der Waals surface area (Å²) in [5.74, 6) is 5.15. The number of carbonyl (C=O) groups excluding carboxylic acids is 1. The van der Waals surface area contributed by atoms with Gasteiger partial charge in [0.2, 0.25) is 0 Å². The van der Waals surface area contributed by atoms with Crippen molar-refractivity contribution in [1.82, 2.24) is 0 Å². The minimum absolute atomic E-state index is 0.0320. The van der Waals surface area contributed by atoms with Crippen molar-refractivity contribution in [3.05, 3.63) is 96.6 Å². The molecule has 0 aromatic heterocycles. The Labute approximate surface area is 263 Å². The average Bonchev–Trinajstić information content (AvgIpc) is 3.32. The predicted octanol–water partition coefficient (Wildman–Crippen LogP) is 5.86. The van der Waals surface area contributed by atoms with Crippen LogP contribution in [0.3, 0.4) is 0 Å². The van der Waals surface area contributed by atoms with Crippen molar-refractivity contribution in [2.45, 2.75) is 96.0 Å². The Bertz CT molecular complexity index is 1350. The van der Waals surface area contributed by atoms with Crippen molar-refractivity contribution in [1.29, 1.82) is 0 Å². The highest BCUT2D eigenvalue weighted by molar-refractivity contribution is 6.99. The van der Waals surface area contributed by atoms with E-state index in [0.29, 0.717) is 24.8 Å². The van der Waals surface area contributed by atoms with E-state index >= 15 is 0 Å². The maximum atomic E-state index is 13.2. The molecular formula is C37H46O6Si. The highest BCUT2D eigenvalue weighted by atomic mass is 28.4. The molecule has 1 unspecified atom stereocenters. The van der Waals surface area contributed by atoms with E-state index in [2.05, 4.69) is 88.1 Å². The second kappa shape index (κ2) is 14.7. The molecule has 0 radical (unpaired) electrons. The molecule has 3 aromatic carbocycles. The Morgan fingerprint density at radius 1 is 0.932 bits per heavy atom. The SMILES string of the molecule is C[C@H](CC#CC(OC(=O)c1ccccc1)[C@H]1OC(C)(C)O[C@H]1CCCO)O[Si](c1ccccc1)(c1ccccc1)C(C)(C)C. The van der Waals surface area contributed by atoms with Crippen molar-refractivity contribution in [3.63, 3.8) is 0 Å². The van der Waals surface area contributed by atoms with Crippen molar-refractivity contribution < 1.29 is 28.5 Å². The normalized spacial score (nSPS) is 19.4. The van der Waals surface area contributed by atoms with Gasteiger partial charge in [0.1, 0.15) is 6.10 Å². The van der Waals surface area contributed by atoms with Gasteiger partial charge in [0, 0.05) is 13.0 Å². The maximum absolute atomic E-state index is 13.2. The van der Waals surface area contributed by atoms with Crippen LogP contribution in [0, 0.1) is 11.8 Å². The zero-order chi connectivity index (χ0) is 31.8. The monoisotopic (exact) mass is 614 g/mol. The lowest BCUT2D eigenvalue weighted by atomic mass is 10.0. The molecule has 1 N–H and O–H groups in total. The van der Waals surface area contributed by atoms with E-state index in [1.54, 1.807) is 24.3 Å². The van der Waals surface area contributed by atoms with Gasteiger partial charge in [-0.15, -0.1) is 0 Å². The highest BCUT2D eigenvalue weighted by Gasteiger charge is 2.51. The number of hydrogen-bond acceptors (Lipinski definition) is 6. The minimum Gasteiger partial charge on any atom is -0.443 e. The van der Waals surface area contributed by atoms with Crippen LogP contribution in [0.25, 0.3) is 0 Å². The van der Waals surface area contributed by atoms with Gasteiger partial charge in [-0.2, -0.15) is 0 Å². The van der Waals surface area contributed by atoms with Crippen LogP contribution >= 0.6 is 0 Å². The van der Waals surface area contributed by atoms with Gasteiger partial charge in [0.05, 0.1) is 17.8 Å². The lowest BCUT2D eigenvalue weighted by molar-refractivity contribution is -0.153. The first kappa shape index (κ1) is 33.6. The largest absolute Gasteiger partial charge is 0.443 e. The first-order chi connectivity index (χ1) is 21.0. The third-order valence-electron chi connectivity index (χ3n) is 7.84. The van der Waals surface area contributed by atoms with Gasteiger partial charge >= 0.3 is 5.97 Å². The summed E-state index contributed by atoms with van der Waals surface area (Å²) >= 11 is 0. The summed E-state index contributed by atoms with van der Waals surface area (Å²) in [7, 11) is -2.75. The topological polar surface area (TPSA) is 74.2 Å². The van der Waals surface area contributed by atoms with E-state index in [0.717, 1.165) is 0 Å². The van der Waals surface area contributed by atoms with E-state index in [9.17, 15) is 9.90 Å². The molecule has 6 nitrogen and oxygen atoms in total. The average molecular weight is 615 g/mol. The molecule has 1 fully saturated rings. The van der Waals surface area contributed by atoms with Gasteiger partial charge in [-0.05, 0) is 61.2 Å². The molecule has 1 heterocycles. The molecule has 44 heavy (non-hydrogen) atoms. The summed E-state index contributed by atoms with van der Waals surface area (Å²) < 4.78 is 25.6. The molecule has 0 amide bonds. The third kappa shape index (κ3) is 8.06. The van der Waals surface area contributed by atoms with Gasteiger partial charge < -0.3 is 23.7 Å². The minimum atomic E-state index is -2.75. The summed E-state index contributed by atoms with van der Waals surface area (Å²) in [6.45, 7) is 12.5. The lowest BCUT2D eigenvalue weighted by Gasteiger charge is -2.44. The van der Waals surface area contributed by atoms with Gasteiger partial charge in [-0.3, -0.25) is 0 Å². The second-order valence-corrected chi connectivity index (χ2v) is 17.1. The van der Waals surface area contributed by atoms with Crippen LogP contribution in [0.5, 0.6) is 0 Å². The van der Waals surface area contributed by atoms with Crippen LogP contribution in [0.4, 0.5) is 0 Å². The van der Waals surface area contributed by atoms with Crippen LogP contribution < -0.4 is 10.4 Å². The quantitative estimate of drug-likeness (QED) is 0.166. The number of carbonyl (C=O) groups is 1. The molecular weight excluding hydrogens is 568 g/mol. The Morgan fingerprint density at radius 3 is 2.00 bits per heavy atom. The first-order valence-corrected chi connectivity index (χ1v) is 17.4. The second-order valence-electron chi connectivity index (χ2n) is 12.8. The zero-order valence-corrected chi connectivity index (χ0v) is 27.8. The maximum Gasteiger partial charge on any atom is 0.339 e. The molecule has 0 aliphatic carbocycles. The summed E-state index contributed by atoms with van der Waals surface area (Å²) in [5, 5.41) is 11.7. The van der Waals surface area contributed by atoms with Gasteiger partial charge in [-0.1, -0.05) is 111 Å². The molecule has 0 bridgehead atoms. The zero-order valence-electron chi connectivity index (χ0n) is 26.8. The molecule has 7 heteroatoms. The molecule has 1 aliphatic rings. The number of hydrogen-bond donors (Lipinski definition) is 1. The molecule has 3 aromatic rings. The van der Waals surface area contributed by atoms with Crippen molar-refractivity contribution in [2.75, 3.05) is 6.61 Å². The fourth-order valence-electron chi connectivity index (χ4n) is 5.91. The van der Waals surface area contributed by atoms with E-state index in [4.69, 9.17) is 18.6 Å². The lowest BCUT2D eigenvalue weighted by Crippen LogP contribution is -2.67. The fraction of sp³-hybridized carbons (Fsp3) is 0.432. The number of aliphatic hydroxyl groups is 1. The summed E-state index contributed by atoms with van der Waals surface area (Å²) in [6, 6.07) is 29.9. The Hall–Kier alpha value is -3.25. The van der Waals surface area contributed by atoms with E-state index in [1.165, 1.54) is 10.4 Å². The van der Waals surface area contributed by atoms with Crippen molar-refractivity contribution in [3.8, 4) is 11.8 Å². The summed E-state index contributed by atoms with van der Waals surface area (Å²) in [6.07, 6.45) is -0.539. The van der Waals surface area contributed by atoms with Crippen LogP contribution in [-0.2, 0) is 18.6 Å². The molecule has 4 rings (SSSR count). The molecule has 0 spiro atoms. The Kier molecular flexibility index (Phi) is 11.2. The molecule has 0 saturated carbocycles. The Balaban J connectivity index is 1.63. The van der Waals surface area contributed by atoms with Crippen LogP contribution in [0.15, 0.2) is 91.0 Å². The molecule has 1 aliphatic heterocycles. The standard InChI is InChI=1S/C37H46O6Si/c1-28(43-44(36(2,3)4,30-21-12-8-13-22-30)31-23-14-9-15-24-31)18-16-25-32(40-35(39)29-19-10-7-11-20-29)34-33(26-17-27-38)41-37(5,6)42-34/h7-15,19-24,28,32-34,38H,17-18,26-27H2,1-6H3/t28-,32?,33+,34-/m1/s1. The van der Waals surface area contributed by atoms with Crippen molar-refractivity contribution >= 4 is 24.7 Å².